The predicted molar refractivity (Wildman–Crippen MR) is 154 cm³/mol. The summed E-state index contributed by atoms with van der Waals surface area (Å²) in [5.74, 6) is 0.334. The predicted octanol–water partition coefficient (Wildman–Crippen LogP) is 5.23. The van der Waals surface area contributed by atoms with Crippen LogP contribution in [0.15, 0.2) is 64.4 Å². The molecule has 0 saturated heterocycles. The van der Waals surface area contributed by atoms with E-state index in [1.807, 2.05) is 6.07 Å². The first-order valence-electron chi connectivity index (χ1n) is 13.3. The van der Waals surface area contributed by atoms with Crippen LogP contribution in [-0.4, -0.2) is 71.2 Å². The number of fused-ring (bicyclic) bond motifs is 3. The van der Waals surface area contributed by atoms with Crippen LogP contribution in [0.4, 0.5) is 5.69 Å². The van der Waals surface area contributed by atoms with Gasteiger partial charge in [0.25, 0.3) is 11.8 Å². The minimum absolute atomic E-state index is 0.235. The van der Waals surface area contributed by atoms with Gasteiger partial charge in [-0.25, -0.2) is 0 Å². The lowest BCUT2D eigenvalue weighted by Gasteiger charge is -2.21. The molecule has 8 nitrogen and oxygen atoms in total. The van der Waals surface area contributed by atoms with Crippen molar-refractivity contribution in [2.45, 2.75) is 30.2 Å². The SMILES string of the molecule is CCN(CC)CCn1nc2c3c(c(NCCN4C(=O)c5ccccc5C4=O)ccc31)Sc1cc(OC)ccc1-2. The molecule has 1 aromatic heterocycles. The fourth-order valence-corrected chi connectivity index (χ4v) is 6.61. The molecule has 3 heterocycles. The van der Waals surface area contributed by atoms with E-state index < -0.39 is 0 Å². The third-order valence-corrected chi connectivity index (χ3v) is 8.76. The first kappa shape index (κ1) is 25.5. The quantitative estimate of drug-likeness (QED) is 0.243. The Morgan fingerprint density at radius 1 is 0.949 bits per heavy atom. The molecule has 39 heavy (non-hydrogen) atoms. The summed E-state index contributed by atoms with van der Waals surface area (Å²) < 4.78 is 7.63. The maximum atomic E-state index is 12.8. The van der Waals surface area contributed by atoms with E-state index in [-0.39, 0.29) is 18.4 Å². The average molecular weight is 542 g/mol. The molecule has 0 radical (unpaired) electrons. The lowest BCUT2D eigenvalue weighted by molar-refractivity contribution is 0.0660. The van der Waals surface area contributed by atoms with Crippen LogP contribution in [0.2, 0.25) is 0 Å². The van der Waals surface area contributed by atoms with E-state index in [4.69, 9.17) is 9.84 Å². The summed E-state index contributed by atoms with van der Waals surface area (Å²) in [6.45, 7) is 8.85. The topological polar surface area (TPSA) is 79.7 Å². The Morgan fingerprint density at radius 2 is 1.69 bits per heavy atom. The number of amides is 2. The van der Waals surface area contributed by atoms with Gasteiger partial charge >= 0.3 is 0 Å². The highest BCUT2D eigenvalue weighted by molar-refractivity contribution is 8.00. The van der Waals surface area contributed by atoms with Gasteiger partial charge in [0.15, 0.2) is 0 Å². The van der Waals surface area contributed by atoms with Crippen LogP contribution in [0.1, 0.15) is 34.6 Å². The molecule has 0 bridgehead atoms. The van der Waals surface area contributed by atoms with Crippen LogP contribution in [-0.2, 0) is 6.54 Å². The van der Waals surface area contributed by atoms with Gasteiger partial charge < -0.3 is 15.0 Å². The Labute approximate surface area is 231 Å². The fraction of sp³-hybridized carbons (Fsp3) is 0.300. The van der Waals surface area contributed by atoms with Crippen molar-refractivity contribution in [2.24, 2.45) is 0 Å². The third kappa shape index (κ3) is 4.35. The van der Waals surface area contributed by atoms with E-state index in [1.165, 1.54) is 4.90 Å². The van der Waals surface area contributed by atoms with Crippen LogP contribution >= 0.6 is 11.8 Å². The minimum atomic E-state index is -0.235. The van der Waals surface area contributed by atoms with Crippen molar-refractivity contribution in [1.29, 1.82) is 0 Å². The molecule has 2 aliphatic rings. The average Bonchev–Trinajstić information content (AvgIpc) is 3.46. The molecule has 4 aromatic rings. The number of hydrogen-bond donors (Lipinski definition) is 1. The van der Waals surface area contributed by atoms with E-state index >= 15 is 0 Å². The number of nitrogens with zero attached hydrogens (tertiary/aromatic N) is 4. The van der Waals surface area contributed by atoms with Crippen molar-refractivity contribution in [3.8, 4) is 17.0 Å². The summed E-state index contributed by atoms with van der Waals surface area (Å²) in [5, 5.41) is 9.73. The third-order valence-electron chi connectivity index (χ3n) is 7.58. The molecule has 0 atom stereocenters. The molecule has 1 N–H and O–H groups in total. The van der Waals surface area contributed by atoms with Crippen molar-refractivity contribution in [3.63, 3.8) is 0 Å². The Bertz CT molecular complexity index is 1560. The van der Waals surface area contributed by atoms with Gasteiger partial charge in [-0.1, -0.05) is 37.7 Å². The zero-order valence-electron chi connectivity index (χ0n) is 22.4. The van der Waals surface area contributed by atoms with Gasteiger partial charge in [-0.3, -0.25) is 19.2 Å². The number of likely N-dealkylation sites (N-methyl/N-ethyl adjacent to an activating group) is 1. The van der Waals surface area contributed by atoms with Gasteiger partial charge in [0, 0.05) is 46.1 Å². The summed E-state index contributed by atoms with van der Waals surface area (Å²) in [4.78, 5) is 31.5. The first-order chi connectivity index (χ1) is 19.0. The van der Waals surface area contributed by atoms with E-state index in [1.54, 1.807) is 43.1 Å². The Balaban J connectivity index is 1.30. The molecule has 2 amide bonds. The zero-order chi connectivity index (χ0) is 27.1. The molecular formula is C30H31N5O3S. The molecular weight excluding hydrogens is 510 g/mol. The van der Waals surface area contributed by atoms with Crippen LogP contribution in [0.3, 0.4) is 0 Å². The van der Waals surface area contributed by atoms with Gasteiger partial charge in [0.1, 0.15) is 11.4 Å². The molecule has 2 aliphatic heterocycles. The number of nitrogens with one attached hydrogen (secondary N) is 1. The largest absolute Gasteiger partial charge is 0.497 e. The van der Waals surface area contributed by atoms with Gasteiger partial charge in [-0.05, 0) is 55.6 Å². The molecule has 9 heteroatoms. The van der Waals surface area contributed by atoms with Gasteiger partial charge in [0.2, 0.25) is 0 Å². The summed E-state index contributed by atoms with van der Waals surface area (Å²) in [6, 6.07) is 17.3. The Morgan fingerprint density at radius 3 is 2.38 bits per heavy atom. The number of hydrogen-bond acceptors (Lipinski definition) is 7. The Kier molecular flexibility index (Phi) is 6.78. The molecule has 0 unspecified atom stereocenters. The second kappa shape index (κ2) is 10.4. The van der Waals surface area contributed by atoms with E-state index in [0.29, 0.717) is 17.7 Å². The molecule has 0 fully saturated rings. The van der Waals surface area contributed by atoms with Crippen molar-refractivity contribution < 1.29 is 14.3 Å². The highest BCUT2D eigenvalue weighted by Crippen LogP contribution is 2.51. The molecule has 0 spiro atoms. The normalized spacial score (nSPS) is 13.8. The molecule has 6 rings (SSSR count). The lowest BCUT2D eigenvalue weighted by Crippen LogP contribution is -2.34. The molecule has 200 valence electrons. The number of methoxy groups -OCH3 is 1. The highest BCUT2D eigenvalue weighted by Gasteiger charge is 2.34. The van der Waals surface area contributed by atoms with Crippen LogP contribution in [0.5, 0.6) is 5.75 Å². The van der Waals surface area contributed by atoms with E-state index in [9.17, 15) is 9.59 Å². The highest BCUT2D eigenvalue weighted by atomic mass is 32.2. The Hall–Kier alpha value is -3.82. The summed E-state index contributed by atoms with van der Waals surface area (Å²) in [5.41, 5.74) is 5.08. The van der Waals surface area contributed by atoms with E-state index in [2.05, 4.69) is 53.0 Å². The number of rotatable bonds is 10. The summed E-state index contributed by atoms with van der Waals surface area (Å²) in [7, 11) is 1.68. The van der Waals surface area contributed by atoms with Crippen molar-refractivity contribution in [2.75, 3.05) is 45.2 Å². The first-order valence-corrected chi connectivity index (χ1v) is 14.2. The summed E-state index contributed by atoms with van der Waals surface area (Å²) in [6.07, 6.45) is 0. The van der Waals surface area contributed by atoms with Crippen molar-refractivity contribution in [3.05, 3.63) is 65.7 Å². The maximum Gasteiger partial charge on any atom is 0.261 e. The minimum Gasteiger partial charge on any atom is -0.497 e. The standard InChI is InChI=1S/C30H31N5O3S/c1-4-33(5-2)16-17-35-24-13-12-23(31-14-15-34-29(36)20-8-6-7-9-21(20)30(34)37)28-26(24)27(32-35)22-11-10-19(38-3)18-25(22)39-28/h6-13,18,31H,4-5,14-17H2,1-3H3. The van der Waals surface area contributed by atoms with Crippen LogP contribution in [0, 0.1) is 0 Å². The fourth-order valence-electron chi connectivity index (χ4n) is 5.39. The second-order valence-electron chi connectivity index (χ2n) is 9.63. The number of ether oxygens (including phenoxy) is 1. The lowest BCUT2D eigenvalue weighted by atomic mass is 10.1. The number of carbonyl (C=O) groups is 2. The van der Waals surface area contributed by atoms with Gasteiger partial charge in [-0.2, -0.15) is 5.10 Å². The van der Waals surface area contributed by atoms with Gasteiger partial charge in [0.05, 0.1) is 30.3 Å². The number of anilines is 1. The molecule has 3 aromatic carbocycles. The number of carbonyl (C=O) groups excluding carboxylic acids is 2. The smallest absolute Gasteiger partial charge is 0.261 e. The van der Waals surface area contributed by atoms with Crippen molar-refractivity contribution >= 4 is 40.2 Å². The van der Waals surface area contributed by atoms with Crippen LogP contribution in [0.25, 0.3) is 22.2 Å². The van der Waals surface area contributed by atoms with Crippen LogP contribution < -0.4 is 10.1 Å². The summed E-state index contributed by atoms with van der Waals surface area (Å²) >= 11 is 1.70. The number of benzene rings is 3. The zero-order valence-corrected chi connectivity index (χ0v) is 23.2. The molecule has 0 saturated carbocycles. The van der Waals surface area contributed by atoms with Gasteiger partial charge in [-0.15, -0.1) is 0 Å². The number of aromatic nitrogens is 2. The maximum absolute atomic E-state index is 12.8. The monoisotopic (exact) mass is 541 g/mol. The number of imide groups is 1. The van der Waals surface area contributed by atoms with Crippen molar-refractivity contribution in [1.82, 2.24) is 19.6 Å². The molecule has 0 aliphatic carbocycles. The van der Waals surface area contributed by atoms with E-state index in [0.717, 1.165) is 69.6 Å². The second-order valence-corrected chi connectivity index (χ2v) is 10.7.